The number of amides is 1. The van der Waals surface area contributed by atoms with Gasteiger partial charge in [-0.1, -0.05) is 6.92 Å². The van der Waals surface area contributed by atoms with E-state index in [9.17, 15) is 9.59 Å². The van der Waals surface area contributed by atoms with Crippen molar-refractivity contribution in [3.8, 4) is 0 Å². The number of aryl methyl sites for hydroxylation is 1. The molecule has 1 aliphatic heterocycles. The monoisotopic (exact) mass is 398 g/mol. The van der Waals surface area contributed by atoms with E-state index in [1.807, 2.05) is 0 Å². The first kappa shape index (κ1) is 20.4. The summed E-state index contributed by atoms with van der Waals surface area (Å²) >= 11 is 1.46. The lowest BCUT2D eigenvalue weighted by Gasteiger charge is -2.26. The van der Waals surface area contributed by atoms with Gasteiger partial charge in [0.25, 0.3) is 5.91 Å². The molecule has 26 heavy (non-hydrogen) atoms. The molecule has 0 bridgehead atoms. The maximum Gasteiger partial charge on any atom is 0.341 e. The summed E-state index contributed by atoms with van der Waals surface area (Å²) in [4.78, 5) is 28.3. The average Bonchev–Trinajstić information content (AvgIpc) is 3.17. The fourth-order valence-corrected chi connectivity index (χ4v) is 4.41. The largest absolute Gasteiger partial charge is 0.465 e. The van der Waals surface area contributed by atoms with Gasteiger partial charge in [-0.15, -0.1) is 23.7 Å². The van der Waals surface area contributed by atoms with E-state index >= 15 is 0 Å². The Hall–Kier alpha value is -1.90. The molecule has 0 unspecified atom stereocenters. The second-order valence-corrected chi connectivity index (χ2v) is 7.12. The molecule has 0 atom stereocenters. The predicted molar refractivity (Wildman–Crippen MR) is 103 cm³/mol. The van der Waals surface area contributed by atoms with Crippen LogP contribution in [-0.4, -0.2) is 46.8 Å². The van der Waals surface area contributed by atoms with Crippen molar-refractivity contribution < 1.29 is 14.3 Å². The van der Waals surface area contributed by atoms with Crippen LogP contribution in [0.15, 0.2) is 12.3 Å². The van der Waals surface area contributed by atoms with Crippen molar-refractivity contribution >= 4 is 40.6 Å². The fourth-order valence-electron chi connectivity index (χ4n) is 3.13. The van der Waals surface area contributed by atoms with E-state index in [4.69, 9.17) is 4.74 Å². The number of carbonyl (C=O) groups is 2. The summed E-state index contributed by atoms with van der Waals surface area (Å²) in [7, 11) is 3.07. The molecule has 0 radical (unpaired) electrons. The Balaban J connectivity index is 0.00000243. The highest BCUT2D eigenvalue weighted by molar-refractivity contribution is 7.17. The van der Waals surface area contributed by atoms with Gasteiger partial charge in [-0.05, 0) is 31.0 Å². The number of esters is 1. The molecule has 0 aliphatic carbocycles. The van der Waals surface area contributed by atoms with Crippen LogP contribution in [0.4, 0.5) is 5.00 Å². The van der Waals surface area contributed by atoms with Crippen molar-refractivity contribution in [1.29, 1.82) is 0 Å². The van der Waals surface area contributed by atoms with Crippen LogP contribution >= 0.6 is 23.7 Å². The number of aromatic nitrogens is 2. The molecule has 2 aromatic heterocycles. The topological polar surface area (TPSA) is 76.5 Å². The van der Waals surface area contributed by atoms with Gasteiger partial charge in [0.15, 0.2) is 0 Å². The zero-order valence-electron chi connectivity index (χ0n) is 15.1. The lowest BCUT2D eigenvalue weighted by atomic mass is 10.0. The van der Waals surface area contributed by atoms with E-state index in [0.717, 1.165) is 42.9 Å². The Morgan fingerprint density at radius 1 is 1.42 bits per heavy atom. The van der Waals surface area contributed by atoms with Crippen molar-refractivity contribution in [2.24, 2.45) is 7.05 Å². The first-order valence-electron chi connectivity index (χ1n) is 8.29. The standard InChI is InChI=1S/C17H22N4O3S.ClH/c1-4-8-21-9-6-11-13(10-21)25-16(14(11)17(23)24-3)19-15(22)12-5-7-18-20(12)2;/h5,7H,4,6,8-10H2,1-3H3,(H,19,22);1H. The molecule has 1 aliphatic rings. The minimum Gasteiger partial charge on any atom is -0.465 e. The highest BCUT2D eigenvalue weighted by Crippen LogP contribution is 2.37. The summed E-state index contributed by atoms with van der Waals surface area (Å²) in [6.45, 7) is 4.90. The van der Waals surface area contributed by atoms with E-state index in [-0.39, 0.29) is 18.3 Å². The number of halogens is 1. The molecule has 9 heteroatoms. The van der Waals surface area contributed by atoms with Gasteiger partial charge in [0.1, 0.15) is 10.7 Å². The molecule has 0 saturated heterocycles. The van der Waals surface area contributed by atoms with Gasteiger partial charge in [-0.25, -0.2) is 4.79 Å². The van der Waals surface area contributed by atoms with Crippen LogP contribution in [0.1, 0.15) is 44.6 Å². The molecular formula is C17H23ClN4O3S. The molecule has 3 heterocycles. The van der Waals surface area contributed by atoms with E-state index in [1.54, 1.807) is 19.3 Å². The third-order valence-corrected chi connectivity index (χ3v) is 5.48. The molecule has 142 valence electrons. The molecule has 0 saturated carbocycles. The van der Waals surface area contributed by atoms with Crippen molar-refractivity contribution in [2.75, 3.05) is 25.5 Å². The van der Waals surface area contributed by atoms with Crippen LogP contribution in [0.2, 0.25) is 0 Å². The Morgan fingerprint density at radius 3 is 2.81 bits per heavy atom. The van der Waals surface area contributed by atoms with Gasteiger partial charge in [0.05, 0.1) is 12.7 Å². The van der Waals surface area contributed by atoms with Gasteiger partial charge in [-0.3, -0.25) is 14.4 Å². The number of rotatable bonds is 5. The van der Waals surface area contributed by atoms with Gasteiger partial charge in [0.2, 0.25) is 0 Å². The van der Waals surface area contributed by atoms with Gasteiger partial charge in [0, 0.05) is 31.2 Å². The Morgan fingerprint density at radius 2 is 2.19 bits per heavy atom. The zero-order valence-corrected chi connectivity index (χ0v) is 16.7. The summed E-state index contributed by atoms with van der Waals surface area (Å²) in [6, 6.07) is 1.64. The van der Waals surface area contributed by atoms with Crippen LogP contribution in [0, 0.1) is 0 Å². The first-order chi connectivity index (χ1) is 12.0. The quantitative estimate of drug-likeness (QED) is 0.783. The Bertz CT molecular complexity index is 802. The number of carbonyl (C=O) groups excluding carboxylic acids is 2. The fraction of sp³-hybridized carbons (Fsp3) is 0.471. The zero-order chi connectivity index (χ0) is 18.0. The number of anilines is 1. The molecular weight excluding hydrogens is 376 g/mol. The third kappa shape index (κ3) is 3.92. The minimum atomic E-state index is -0.401. The lowest BCUT2D eigenvalue weighted by Crippen LogP contribution is -2.30. The number of thiophene rings is 1. The second-order valence-electron chi connectivity index (χ2n) is 6.02. The summed E-state index contributed by atoms with van der Waals surface area (Å²) in [5, 5.41) is 7.44. The number of ether oxygens (including phenoxy) is 1. The van der Waals surface area contributed by atoms with Crippen LogP contribution in [0.25, 0.3) is 0 Å². The summed E-state index contributed by atoms with van der Waals surface area (Å²) in [5.41, 5.74) is 1.94. The summed E-state index contributed by atoms with van der Waals surface area (Å²) < 4.78 is 6.46. The highest BCUT2D eigenvalue weighted by Gasteiger charge is 2.29. The minimum absolute atomic E-state index is 0. The SMILES string of the molecule is CCCN1CCc2c(sc(NC(=O)c3ccnn3C)c2C(=O)OC)C1.Cl. The van der Waals surface area contributed by atoms with Crippen LogP contribution in [0.3, 0.4) is 0 Å². The average molecular weight is 399 g/mol. The molecule has 1 N–H and O–H groups in total. The van der Waals surface area contributed by atoms with E-state index in [0.29, 0.717) is 16.3 Å². The van der Waals surface area contributed by atoms with Crippen LogP contribution in [-0.2, 0) is 24.8 Å². The molecule has 0 spiro atoms. The highest BCUT2D eigenvalue weighted by atomic mass is 35.5. The number of hydrogen-bond donors (Lipinski definition) is 1. The maximum atomic E-state index is 12.5. The van der Waals surface area contributed by atoms with Crippen LogP contribution < -0.4 is 5.32 Å². The number of hydrogen-bond acceptors (Lipinski definition) is 6. The third-order valence-electron chi connectivity index (χ3n) is 4.35. The first-order valence-corrected chi connectivity index (χ1v) is 9.11. The van der Waals surface area contributed by atoms with Crippen molar-refractivity contribution in [1.82, 2.24) is 14.7 Å². The molecule has 1 amide bonds. The van der Waals surface area contributed by atoms with E-state index in [2.05, 4.69) is 22.2 Å². The molecule has 0 aromatic carbocycles. The molecule has 7 nitrogen and oxygen atoms in total. The lowest BCUT2D eigenvalue weighted by molar-refractivity contribution is 0.0600. The molecule has 2 aromatic rings. The van der Waals surface area contributed by atoms with Crippen molar-refractivity contribution in [3.63, 3.8) is 0 Å². The van der Waals surface area contributed by atoms with Gasteiger partial charge in [-0.2, -0.15) is 5.10 Å². The summed E-state index contributed by atoms with van der Waals surface area (Å²) in [6.07, 6.45) is 3.45. The number of nitrogens with one attached hydrogen (secondary N) is 1. The van der Waals surface area contributed by atoms with Crippen LogP contribution in [0.5, 0.6) is 0 Å². The number of nitrogens with zero attached hydrogens (tertiary/aromatic N) is 3. The van der Waals surface area contributed by atoms with Crippen molar-refractivity contribution in [3.05, 3.63) is 34.0 Å². The number of methoxy groups -OCH3 is 1. The normalized spacial score (nSPS) is 13.7. The molecule has 0 fully saturated rings. The smallest absolute Gasteiger partial charge is 0.341 e. The van der Waals surface area contributed by atoms with E-state index in [1.165, 1.54) is 23.1 Å². The van der Waals surface area contributed by atoms with Gasteiger partial charge >= 0.3 is 5.97 Å². The van der Waals surface area contributed by atoms with Crippen molar-refractivity contribution in [2.45, 2.75) is 26.3 Å². The van der Waals surface area contributed by atoms with Gasteiger partial charge < -0.3 is 10.1 Å². The maximum absolute atomic E-state index is 12.5. The Labute approximate surface area is 162 Å². The molecule has 3 rings (SSSR count). The van der Waals surface area contributed by atoms with E-state index < -0.39 is 5.97 Å². The Kier molecular flexibility index (Phi) is 6.80. The number of fused-ring (bicyclic) bond motifs is 1. The predicted octanol–water partition coefficient (Wildman–Crippen LogP) is 2.71. The second kappa shape index (κ2) is 8.66. The summed E-state index contributed by atoms with van der Waals surface area (Å²) in [5.74, 6) is -0.684.